The number of carbonyl (C=O) groups is 2. The Morgan fingerprint density at radius 3 is 2.56 bits per heavy atom. The highest BCUT2D eigenvalue weighted by Crippen LogP contribution is 2.12. The van der Waals surface area contributed by atoms with Crippen molar-refractivity contribution in [2.45, 2.75) is 26.8 Å². The van der Waals surface area contributed by atoms with Gasteiger partial charge in [0.15, 0.2) is 0 Å². The SMILES string of the molecule is Cc1ncc(C(=O)NC(C)C(C)C(=O)O)s1. The van der Waals surface area contributed by atoms with Crippen molar-refractivity contribution in [3.63, 3.8) is 0 Å². The van der Waals surface area contributed by atoms with E-state index in [2.05, 4.69) is 10.3 Å². The third-order valence-corrected chi connectivity index (χ3v) is 3.25. The van der Waals surface area contributed by atoms with Crippen molar-refractivity contribution in [2.24, 2.45) is 5.92 Å². The number of nitrogens with zero attached hydrogens (tertiary/aromatic N) is 1. The zero-order valence-corrected chi connectivity index (χ0v) is 10.2. The molecule has 0 saturated carbocycles. The Bertz CT molecular complexity index is 403. The second-order valence-electron chi connectivity index (χ2n) is 3.63. The van der Waals surface area contributed by atoms with Gasteiger partial charge in [0.05, 0.1) is 17.1 Å². The maximum absolute atomic E-state index is 11.7. The van der Waals surface area contributed by atoms with Gasteiger partial charge >= 0.3 is 5.97 Å². The summed E-state index contributed by atoms with van der Waals surface area (Å²) in [5.41, 5.74) is 0. The number of carbonyl (C=O) groups excluding carboxylic acids is 1. The number of aliphatic carboxylic acids is 1. The number of aromatic nitrogens is 1. The molecule has 0 fully saturated rings. The highest BCUT2D eigenvalue weighted by Gasteiger charge is 2.22. The van der Waals surface area contributed by atoms with Gasteiger partial charge in [-0.25, -0.2) is 4.98 Å². The molecule has 0 aromatic carbocycles. The molecule has 0 aliphatic rings. The summed E-state index contributed by atoms with van der Waals surface area (Å²) in [6.07, 6.45) is 1.49. The minimum Gasteiger partial charge on any atom is -0.481 e. The number of hydrogen-bond donors (Lipinski definition) is 2. The van der Waals surface area contributed by atoms with E-state index in [-0.39, 0.29) is 5.91 Å². The Morgan fingerprint density at radius 1 is 1.50 bits per heavy atom. The summed E-state index contributed by atoms with van der Waals surface area (Å²) in [6, 6.07) is -0.410. The molecule has 88 valence electrons. The van der Waals surface area contributed by atoms with Crippen LogP contribution in [-0.4, -0.2) is 28.0 Å². The van der Waals surface area contributed by atoms with Crippen LogP contribution in [0.15, 0.2) is 6.20 Å². The number of hydrogen-bond acceptors (Lipinski definition) is 4. The molecular weight excluding hydrogens is 228 g/mol. The highest BCUT2D eigenvalue weighted by molar-refractivity contribution is 7.13. The maximum Gasteiger partial charge on any atom is 0.308 e. The van der Waals surface area contributed by atoms with Gasteiger partial charge < -0.3 is 10.4 Å². The van der Waals surface area contributed by atoms with Gasteiger partial charge in [-0.1, -0.05) is 0 Å². The predicted octanol–water partition coefficient (Wildman–Crippen LogP) is 1.29. The van der Waals surface area contributed by atoms with Crippen LogP contribution in [-0.2, 0) is 4.79 Å². The molecule has 1 amide bonds. The zero-order chi connectivity index (χ0) is 12.3. The molecular formula is C10H14N2O3S. The largest absolute Gasteiger partial charge is 0.481 e. The lowest BCUT2D eigenvalue weighted by Crippen LogP contribution is -2.39. The topological polar surface area (TPSA) is 79.3 Å². The van der Waals surface area contributed by atoms with Gasteiger partial charge in [-0.3, -0.25) is 9.59 Å². The predicted molar refractivity (Wildman–Crippen MR) is 60.6 cm³/mol. The number of nitrogens with one attached hydrogen (secondary N) is 1. The van der Waals surface area contributed by atoms with Gasteiger partial charge in [-0.2, -0.15) is 0 Å². The van der Waals surface area contributed by atoms with Crippen molar-refractivity contribution < 1.29 is 14.7 Å². The summed E-state index contributed by atoms with van der Waals surface area (Å²) in [6.45, 7) is 5.04. The van der Waals surface area contributed by atoms with E-state index in [1.54, 1.807) is 13.8 Å². The Balaban J connectivity index is 2.61. The minimum atomic E-state index is -0.923. The molecule has 0 spiro atoms. The fraction of sp³-hybridized carbons (Fsp3) is 0.500. The molecule has 2 N–H and O–H groups in total. The summed E-state index contributed by atoms with van der Waals surface area (Å²) >= 11 is 1.29. The van der Waals surface area contributed by atoms with E-state index in [1.807, 2.05) is 6.92 Å². The van der Waals surface area contributed by atoms with Gasteiger partial charge in [-0.05, 0) is 20.8 Å². The molecule has 0 aliphatic carbocycles. The first kappa shape index (κ1) is 12.6. The monoisotopic (exact) mass is 242 g/mol. The summed E-state index contributed by atoms with van der Waals surface area (Å²) < 4.78 is 0. The van der Waals surface area contributed by atoms with Gasteiger partial charge in [0.1, 0.15) is 4.88 Å². The van der Waals surface area contributed by atoms with Crippen molar-refractivity contribution >= 4 is 23.2 Å². The standard InChI is InChI=1S/C10H14N2O3S/c1-5(10(14)15)6(2)12-9(13)8-4-11-7(3)16-8/h4-6H,1-3H3,(H,12,13)(H,14,15). The van der Waals surface area contributed by atoms with Gasteiger partial charge in [0.2, 0.25) is 0 Å². The molecule has 0 bridgehead atoms. The normalized spacial score (nSPS) is 14.2. The van der Waals surface area contributed by atoms with E-state index < -0.39 is 17.9 Å². The van der Waals surface area contributed by atoms with E-state index in [1.165, 1.54) is 17.5 Å². The van der Waals surface area contributed by atoms with Crippen LogP contribution >= 0.6 is 11.3 Å². The van der Waals surface area contributed by atoms with Crippen molar-refractivity contribution in [2.75, 3.05) is 0 Å². The fourth-order valence-electron chi connectivity index (χ4n) is 1.08. The van der Waals surface area contributed by atoms with Gasteiger partial charge in [0, 0.05) is 6.04 Å². The summed E-state index contributed by atoms with van der Waals surface area (Å²) in [5, 5.41) is 12.2. The molecule has 2 atom stereocenters. The van der Waals surface area contributed by atoms with Crippen LogP contribution in [0.4, 0.5) is 0 Å². The Hall–Kier alpha value is -1.43. The molecule has 16 heavy (non-hydrogen) atoms. The van der Waals surface area contributed by atoms with Crippen LogP contribution in [0.1, 0.15) is 28.5 Å². The van der Waals surface area contributed by atoms with E-state index >= 15 is 0 Å². The minimum absolute atomic E-state index is 0.272. The van der Waals surface area contributed by atoms with E-state index in [0.717, 1.165) is 5.01 Å². The third-order valence-electron chi connectivity index (χ3n) is 2.34. The number of amides is 1. The fourth-order valence-corrected chi connectivity index (χ4v) is 1.76. The molecule has 0 aliphatic heterocycles. The van der Waals surface area contributed by atoms with Gasteiger partial charge in [0.25, 0.3) is 5.91 Å². The Kier molecular flexibility index (Phi) is 4.00. The third kappa shape index (κ3) is 3.03. The van der Waals surface area contributed by atoms with Crippen LogP contribution in [0.3, 0.4) is 0 Å². The van der Waals surface area contributed by atoms with Crippen molar-refractivity contribution in [1.82, 2.24) is 10.3 Å². The molecule has 1 rings (SSSR count). The average Bonchev–Trinajstić information content (AvgIpc) is 2.63. The zero-order valence-electron chi connectivity index (χ0n) is 9.35. The van der Waals surface area contributed by atoms with Crippen LogP contribution < -0.4 is 5.32 Å². The molecule has 1 aromatic heterocycles. The van der Waals surface area contributed by atoms with Crippen LogP contribution in [0, 0.1) is 12.8 Å². The van der Waals surface area contributed by atoms with Crippen molar-refractivity contribution in [3.05, 3.63) is 16.1 Å². The molecule has 5 nitrogen and oxygen atoms in total. The van der Waals surface area contributed by atoms with Crippen LogP contribution in [0.2, 0.25) is 0 Å². The molecule has 1 heterocycles. The number of rotatable bonds is 4. The summed E-state index contributed by atoms with van der Waals surface area (Å²) in [4.78, 5) is 26.8. The lowest BCUT2D eigenvalue weighted by Gasteiger charge is -2.16. The second kappa shape index (κ2) is 5.07. The molecule has 2 unspecified atom stereocenters. The first-order valence-corrected chi connectivity index (χ1v) is 5.69. The van der Waals surface area contributed by atoms with Crippen molar-refractivity contribution in [3.8, 4) is 0 Å². The molecule has 1 aromatic rings. The number of thiazole rings is 1. The van der Waals surface area contributed by atoms with E-state index in [4.69, 9.17) is 5.11 Å². The first-order valence-electron chi connectivity index (χ1n) is 4.88. The van der Waals surface area contributed by atoms with Crippen LogP contribution in [0.25, 0.3) is 0 Å². The molecule has 0 radical (unpaired) electrons. The second-order valence-corrected chi connectivity index (χ2v) is 4.87. The number of carboxylic acids is 1. The highest BCUT2D eigenvalue weighted by atomic mass is 32.1. The van der Waals surface area contributed by atoms with Crippen LogP contribution in [0.5, 0.6) is 0 Å². The molecule has 0 saturated heterocycles. The summed E-state index contributed by atoms with van der Waals surface area (Å²) in [5.74, 6) is -1.81. The smallest absolute Gasteiger partial charge is 0.308 e. The Morgan fingerprint density at radius 2 is 2.12 bits per heavy atom. The Labute approximate surface area is 97.5 Å². The quantitative estimate of drug-likeness (QED) is 0.833. The molecule has 6 heteroatoms. The van der Waals surface area contributed by atoms with E-state index in [9.17, 15) is 9.59 Å². The number of aryl methyl sites for hydroxylation is 1. The van der Waals surface area contributed by atoms with Crippen molar-refractivity contribution in [1.29, 1.82) is 0 Å². The number of carboxylic acid groups (broad SMARTS) is 1. The maximum atomic E-state index is 11.7. The first-order chi connectivity index (χ1) is 7.41. The lowest BCUT2D eigenvalue weighted by atomic mass is 10.0. The average molecular weight is 242 g/mol. The lowest BCUT2D eigenvalue weighted by molar-refractivity contribution is -0.141. The van der Waals surface area contributed by atoms with Gasteiger partial charge in [-0.15, -0.1) is 11.3 Å². The van der Waals surface area contributed by atoms with E-state index in [0.29, 0.717) is 4.88 Å². The summed E-state index contributed by atoms with van der Waals surface area (Å²) in [7, 11) is 0.